The van der Waals surface area contributed by atoms with E-state index in [1.54, 1.807) is 6.08 Å². The van der Waals surface area contributed by atoms with Gasteiger partial charge < -0.3 is 20.7 Å². The largest absolute Gasteiger partial charge is 0.478 e. The molecule has 6 nitrogen and oxygen atoms in total. The van der Waals surface area contributed by atoms with Crippen molar-refractivity contribution in [1.82, 2.24) is 5.32 Å². The minimum atomic E-state index is -1.10. The Morgan fingerprint density at radius 3 is 2.65 bits per heavy atom. The number of nitrogens with one attached hydrogen (secondary N) is 1. The average Bonchev–Trinajstić information content (AvgIpc) is 2.63. The van der Waals surface area contributed by atoms with Gasteiger partial charge >= 0.3 is 7.12 Å². The zero-order chi connectivity index (χ0) is 16.8. The number of carbonyl (C=O) groups excluding carboxylic acids is 2. The molecule has 2 rings (SSSR count). The summed E-state index contributed by atoms with van der Waals surface area (Å²) in [5, 5.41) is 13.0. The first kappa shape index (κ1) is 18.2. The van der Waals surface area contributed by atoms with Crippen LogP contribution in [0.3, 0.4) is 0 Å². The van der Waals surface area contributed by atoms with Crippen LogP contribution in [0.25, 0.3) is 0 Å². The Labute approximate surface area is 138 Å². The normalized spacial score (nSPS) is 31.5. The fourth-order valence-electron chi connectivity index (χ4n) is 3.26. The van der Waals surface area contributed by atoms with Gasteiger partial charge in [0, 0.05) is 18.9 Å². The summed E-state index contributed by atoms with van der Waals surface area (Å²) in [4.78, 5) is 23.4. The summed E-state index contributed by atoms with van der Waals surface area (Å²) in [5.41, 5.74) is 5.88. The number of nitrogens with two attached hydrogens (primary N) is 1. The number of carbonyl (C=O) groups is 2. The maximum atomic E-state index is 12.2. The molecule has 0 radical (unpaired) electrons. The van der Waals surface area contributed by atoms with E-state index in [4.69, 9.17) is 10.4 Å². The summed E-state index contributed by atoms with van der Waals surface area (Å²) >= 11 is 0. The van der Waals surface area contributed by atoms with Crippen LogP contribution in [-0.4, -0.2) is 41.9 Å². The van der Waals surface area contributed by atoms with Crippen LogP contribution < -0.4 is 11.1 Å². The number of hydrogen-bond donors (Lipinski definition) is 3. The molecule has 0 bridgehead atoms. The van der Waals surface area contributed by atoms with E-state index in [1.165, 1.54) is 6.92 Å². The maximum absolute atomic E-state index is 12.2. The summed E-state index contributed by atoms with van der Waals surface area (Å²) in [6, 6.07) is 0.273. The molecule has 0 aromatic rings. The van der Waals surface area contributed by atoms with Crippen LogP contribution in [-0.2, 0) is 14.2 Å². The molecule has 1 heterocycles. The second-order valence-corrected chi connectivity index (χ2v) is 6.79. The number of amides is 1. The van der Waals surface area contributed by atoms with Crippen LogP contribution in [0.15, 0.2) is 12.2 Å². The van der Waals surface area contributed by atoms with Gasteiger partial charge in [0.2, 0.25) is 5.91 Å². The van der Waals surface area contributed by atoms with Crippen molar-refractivity contribution in [1.29, 1.82) is 0 Å². The van der Waals surface area contributed by atoms with Gasteiger partial charge in [-0.2, -0.15) is 0 Å². The van der Waals surface area contributed by atoms with E-state index >= 15 is 0 Å². The minimum Gasteiger partial charge on any atom is -0.426 e. The lowest BCUT2D eigenvalue weighted by molar-refractivity contribution is -0.123. The van der Waals surface area contributed by atoms with Crippen molar-refractivity contribution in [3.05, 3.63) is 12.2 Å². The number of Topliss-reactive ketones (excluding diaryl/α,β-unsaturated/α-hetero) is 1. The van der Waals surface area contributed by atoms with Gasteiger partial charge in [-0.1, -0.05) is 12.2 Å². The molecule has 2 atom stereocenters. The van der Waals surface area contributed by atoms with Crippen molar-refractivity contribution in [2.75, 3.05) is 0 Å². The van der Waals surface area contributed by atoms with Gasteiger partial charge in [0.1, 0.15) is 5.78 Å². The van der Waals surface area contributed by atoms with E-state index < -0.39 is 19.2 Å². The Morgan fingerprint density at radius 1 is 1.30 bits per heavy atom. The molecule has 128 valence electrons. The fraction of sp³-hybridized carbons (Fsp3) is 0.750. The Bertz CT molecular complexity index is 449. The van der Waals surface area contributed by atoms with Crippen LogP contribution in [0.5, 0.6) is 0 Å². The van der Waals surface area contributed by atoms with Crippen LogP contribution in [0.1, 0.15) is 51.9 Å². The number of rotatable bonds is 5. The molecular formula is C16H27BN2O4. The first-order chi connectivity index (χ1) is 10.9. The molecular weight excluding hydrogens is 295 g/mol. The lowest BCUT2D eigenvalue weighted by Crippen LogP contribution is -2.48. The predicted molar refractivity (Wildman–Crippen MR) is 88.4 cm³/mol. The van der Waals surface area contributed by atoms with Gasteiger partial charge in [0.05, 0.1) is 12.0 Å². The van der Waals surface area contributed by atoms with Gasteiger partial charge in [-0.05, 0) is 44.9 Å². The van der Waals surface area contributed by atoms with Crippen LogP contribution in [0, 0.1) is 5.92 Å². The second-order valence-electron chi connectivity index (χ2n) is 6.79. The first-order valence-corrected chi connectivity index (χ1v) is 8.48. The predicted octanol–water partition coefficient (Wildman–Crippen LogP) is 0.723. The summed E-state index contributed by atoms with van der Waals surface area (Å²) in [6.45, 7) is 1.49. The molecule has 0 aromatic carbocycles. The lowest BCUT2D eigenvalue weighted by atomic mass is 9.76. The topological polar surface area (TPSA) is 102 Å². The molecule has 1 saturated carbocycles. The number of hydrogen-bond acceptors (Lipinski definition) is 5. The Kier molecular flexibility index (Phi) is 6.80. The lowest BCUT2D eigenvalue weighted by Gasteiger charge is -2.26. The van der Waals surface area contributed by atoms with Crippen molar-refractivity contribution >= 4 is 18.8 Å². The van der Waals surface area contributed by atoms with E-state index in [1.807, 2.05) is 6.08 Å². The molecule has 1 fully saturated rings. The highest BCUT2D eigenvalue weighted by atomic mass is 16.5. The highest BCUT2D eigenvalue weighted by molar-refractivity contribution is 6.45. The molecule has 1 aliphatic carbocycles. The van der Waals surface area contributed by atoms with Crippen LogP contribution in [0.2, 0.25) is 0 Å². The molecule has 0 saturated heterocycles. The Morgan fingerprint density at radius 2 is 2.00 bits per heavy atom. The zero-order valence-corrected chi connectivity index (χ0v) is 13.7. The van der Waals surface area contributed by atoms with E-state index in [0.717, 1.165) is 25.7 Å². The molecule has 0 unspecified atom stereocenters. The fourth-order valence-corrected chi connectivity index (χ4v) is 3.26. The van der Waals surface area contributed by atoms with Crippen LogP contribution >= 0.6 is 0 Å². The van der Waals surface area contributed by atoms with Crippen molar-refractivity contribution < 1.29 is 19.3 Å². The summed E-state index contributed by atoms with van der Waals surface area (Å²) in [6.07, 6.45) is 8.32. The first-order valence-electron chi connectivity index (χ1n) is 8.48. The van der Waals surface area contributed by atoms with Crippen molar-refractivity contribution in [3.8, 4) is 0 Å². The quantitative estimate of drug-likeness (QED) is 0.511. The summed E-state index contributed by atoms with van der Waals surface area (Å²) < 4.78 is 5.46. The van der Waals surface area contributed by atoms with E-state index in [9.17, 15) is 14.6 Å². The molecule has 4 N–H and O–H groups in total. The minimum absolute atomic E-state index is 0.00448. The average molecular weight is 322 g/mol. The van der Waals surface area contributed by atoms with Gasteiger partial charge in [0.15, 0.2) is 0 Å². The monoisotopic (exact) mass is 322 g/mol. The Balaban J connectivity index is 1.79. The number of ketones is 1. The van der Waals surface area contributed by atoms with E-state index in [-0.39, 0.29) is 24.2 Å². The van der Waals surface area contributed by atoms with Gasteiger partial charge in [-0.15, -0.1) is 0 Å². The molecule has 23 heavy (non-hydrogen) atoms. The van der Waals surface area contributed by atoms with Crippen LogP contribution in [0.4, 0.5) is 0 Å². The zero-order valence-electron chi connectivity index (χ0n) is 13.7. The van der Waals surface area contributed by atoms with Crippen molar-refractivity contribution in [2.24, 2.45) is 11.7 Å². The third-order valence-corrected chi connectivity index (χ3v) is 4.60. The Hall–Kier alpha value is -1.18. The third-order valence-electron chi connectivity index (χ3n) is 4.60. The van der Waals surface area contributed by atoms with Gasteiger partial charge in [-0.25, -0.2) is 0 Å². The molecule has 0 spiro atoms. The third kappa shape index (κ3) is 6.09. The highest BCUT2D eigenvalue weighted by Gasteiger charge is 2.32. The summed E-state index contributed by atoms with van der Waals surface area (Å²) in [5.74, 6) is -0.150. The second kappa shape index (κ2) is 8.61. The standard InChI is InChI=1S/C16H27BN2O4/c1-11(20)9-14-3-2-4-15(17(22)23-14)19-16(21)10-12-5-7-13(18)8-6-12/h2-3,12-15,22H,4-10,18H2,1H3,(H,19,21)/t12?,13?,14-,15+/m1/s1. The molecule has 0 aromatic heterocycles. The molecule has 2 aliphatic rings. The molecule has 1 amide bonds. The molecule has 1 aliphatic heterocycles. The smallest absolute Gasteiger partial charge is 0.426 e. The highest BCUT2D eigenvalue weighted by Crippen LogP contribution is 2.25. The maximum Gasteiger partial charge on any atom is 0.478 e. The van der Waals surface area contributed by atoms with Gasteiger partial charge in [0.25, 0.3) is 0 Å². The SMILES string of the molecule is CC(=O)C[C@H]1C=CC[C@H](NC(=O)CC2CCC(N)CC2)B(O)O1. The van der Waals surface area contributed by atoms with Gasteiger partial charge in [-0.3, -0.25) is 9.59 Å². The summed E-state index contributed by atoms with van der Waals surface area (Å²) in [7, 11) is -1.10. The molecule has 7 heteroatoms. The van der Waals surface area contributed by atoms with E-state index in [2.05, 4.69) is 5.32 Å². The van der Waals surface area contributed by atoms with Crippen molar-refractivity contribution in [2.45, 2.75) is 70.0 Å². The van der Waals surface area contributed by atoms with Crippen molar-refractivity contribution in [3.63, 3.8) is 0 Å². The van der Waals surface area contributed by atoms with E-state index in [0.29, 0.717) is 18.8 Å².